The number of hydrogen-bond acceptors (Lipinski definition) is 1. The topological polar surface area (TPSA) is 12.0 Å². The van der Waals surface area contributed by atoms with E-state index in [2.05, 4.69) is 5.32 Å². The van der Waals surface area contributed by atoms with Gasteiger partial charge in [-0.3, -0.25) is 0 Å². The van der Waals surface area contributed by atoms with E-state index in [9.17, 15) is 13.2 Å². The van der Waals surface area contributed by atoms with E-state index in [1.807, 2.05) is 19.1 Å². The van der Waals surface area contributed by atoms with Gasteiger partial charge in [-0.25, -0.2) is 0 Å². The average molecular weight is 314 g/mol. The fourth-order valence-electron chi connectivity index (χ4n) is 2.08. The van der Waals surface area contributed by atoms with Gasteiger partial charge in [-0.1, -0.05) is 41.9 Å². The van der Waals surface area contributed by atoms with Crippen LogP contribution < -0.4 is 5.32 Å². The summed E-state index contributed by atoms with van der Waals surface area (Å²) in [6.07, 6.45) is -5.09. The summed E-state index contributed by atoms with van der Waals surface area (Å²) in [6.45, 7) is 2.34. The molecule has 2 aromatic carbocycles. The third-order valence-corrected chi connectivity index (χ3v) is 3.56. The molecule has 2 rings (SSSR count). The fraction of sp³-hybridized carbons (Fsp3) is 0.250. The first-order chi connectivity index (χ1) is 9.85. The van der Waals surface area contributed by atoms with Crippen LogP contribution in [-0.2, 0) is 13.0 Å². The molecule has 0 saturated heterocycles. The first-order valence-corrected chi connectivity index (χ1v) is 6.86. The summed E-state index contributed by atoms with van der Waals surface area (Å²) in [6, 6.07) is 12.0. The normalized spacial score (nSPS) is 11.5. The highest BCUT2D eigenvalue weighted by Gasteiger charge is 2.27. The molecular weight excluding hydrogens is 299 g/mol. The maximum atomic E-state index is 12.4. The van der Waals surface area contributed by atoms with Gasteiger partial charge in [0.1, 0.15) is 0 Å². The minimum absolute atomic E-state index is 0.268. The number of halogens is 4. The maximum absolute atomic E-state index is 12.4. The monoisotopic (exact) mass is 313 g/mol. The van der Waals surface area contributed by atoms with Crippen molar-refractivity contribution in [3.05, 3.63) is 64.2 Å². The van der Waals surface area contributed by atoms with Gasteiger partial charge in [0.05, 0.1) is 6.42 Å². The molecular formula is C16H15ClF3N. The minimum atomic E-state index is -4.18. The van der Waals surface area contributed by atoms with Gasteiger partial charge in [0.2, 0.25) is 0 Å². The van der Waals surface area contributed by atoms with Gasteiger partial charge >= 0.3 is 6.18 Å². The van der Waals surface area contributed by atoms with E-state index in [4.69, 9.17) is 11.6 Å². The Bertz CT molecular complexity index is 623. The molecule has 0 fully saturated rings. The zero-order valence-electron chi connectivity index (χ0n) is 11.5. The molecule has 0 unspecified atom stereocenters. The van der Waals surface area contributed by atoms with E-state index in [0.717, 1.165) is 16.8 Å². The van der Waals surface area contributed by atoms with E-state index in [0.29, 0.717) is 11.6 Å². The van der Waals surface area contributed by atoms with E-state index < -0.39 is 12.6 Å². The molecule has 0 amide bonds. The molecule has 0 aromatic heterocycles. The quantitative estimate of drug-likeness (QED) is 0.800. The van der Waals surface area contributed by atoms with Crippen LogP contribution in [0.2, 0.25) is 5.02 Å². The summed E-state index contributed by atoms with van der Waals surface area (Å²) in [5.41, 5.74) is 2.87. The molecule has 0 atom stereocenters. The third kappa shape index (κ3) is 4.67. The highest BCUT2D eigenvalue weighted by Crippen LogP contribution is 2.24. The van der Waals surface area contributed by atoms with Crippen molar-refractivity contribution in [2.45, 2.75) is 26.1 Å². The van der Waals surface area contributed by atoms with Crippen LogP contribution in [0.1, 0.15) is 16.7 Å². The molecule has 21 heavy (non-hydrogen) atoms. The van der Waals surface area contributed by atoms with Crippen LogP contribution in [0.3, 0.4) is 0 Å². The van der Waals surface area contributed by atoms with Crippen molar-refractivity contribution in [2.24, 2.45) is 0 Å². The average Bonchev–Trinajstić information content (AvgIpc) is 2.39. The van der Waals surface area contributed by atoms with Crippen LogP contribution in [-0.4, -0.2) is 6.18 Å². The molecule has 0 heterocycles. The second-order valence-electron chi connectivity index (χ2n) is 4.88. The minimum Gasteiger partial charge on any atom is -0.381 e. The van der Waals surface area contributed by atoms with Crippen LogP contribution in [0.15, 0.2) is 42.5 Å². The van der Waals surface area contributed by atoms with Gasteiger partial charge in [0.15, 0.2) is 0 Å². The lowest BCUT2D eigenvalue weighted by molar-refractivity contribution is -0.127. The number of anilines is 1. The van der Waals surface area contributed by atoms with Gasteiger partial charge in [-0.05, 0) is 35.7 Å². The molecule has 0 radical (unpaired) electrons. The number of benzene rings is 2. The summed E-state index contributed by atoms with van der Waals surface area (Å²) in [7, 11) is 0. The molecule has 2 aromatic rings. The van der Waals surface area contributed by atoms with Crippen molar-refractivity contribution in [1.82, 2.24) is 0 Å². The summed E-state index contributed by atoms with van der Waals surface area (Å²) >= 11 is 6.03. The molecule has 1 nitrogen and oxygen atoms in total. The number of hydrogen-bond donors (Lipinski definition) is 1. The first-order valence-electron chi connectivity index (χ1n) is 6.49. The molecule has 0 spiro atoms. The van der Waals surface area contributed by atoms with Gasteiger partial charge in [0.25, 0.3) is 0 Å². The molecule has 0 bridgehead atoms. The Morgan fingerprint density at radius 1 is 1.05 bits per heavy atom. The van der Waals surface area contributed by atoms with Crippen LogP contribution >= 0.6 is 11.6 Å². The first kappa shape index (κ1) is 15.7. The lowest BCUT2D eigenvalue weighted by atomic mass is 10.1. The molecule has 0 aliphatic carbocycles. The van der Waals surface area contributed by atoms with Crippen LogP contribution in [0, 0.1) is 6.92 Å². The predicted molar refractivity (Wildman–Crippen MR) is 79.7 cm³/mol. The Balaban J connectivity index is 2.07. The van der Waals surface area contributed by atoms with Crippen molar-refractivity contribution < 1.29 is 13.2 Å². The Labute approximate surface area is 126 Å². The summed E-state index contributed by atoms with van der Waals surface area (Å²) < 4.78 is 37.2. The highest BCUT2D eigenvalue weighted by molar-refractivity contribution is 6.31. The lowest BCUT2D eigenvalue weighted by Gasteiger charge is -2.12. The predicted octanol–water partition coefficient (Wildman–Crippen LogP) is 5.37. The standard InChI is InChI=1S/C16H15ClF3N/c1-11-14(17)6-3-7-15(11)21-10-13-5-2-4-12(8-13)9-16(18,19)20/h2-8,21H,9-10H2,1H3. The third-order valence-electron chi connectivity index (χ3n) is 3.15. The number of alkyl halides is 3. The van der Waals surface area contributed by atoms with Crippen LogP contribution in [0.5, 0.6) is 0 Å². The van der Waals surface area contributed by atoms with Gasteiger partial charge in [-0.2, -0.15) is 13.2 Å². The zero-order chi connectivity index (χ0) is 15.5. The van der Waals surface area contributed by atoms with Crippen molar-refractivity contribution in [3.8, 4) is 0 Å². The zero-order valence-corrected chi connectivity index (χ0v) is 12.2. The molecule has 112 valence electrons. The molecule has 0 aliphatic rings. The van der Waals surface area contributed by atoms with E-state index in [-0.39, 0.29) is 5.56 Å². The molecule has 1 N–H and O–H groups in total. The molecule has 5 heteroatoms. The van der Waals surface area contributed by atoms with Crippen molar-refractivity contribution in [3.63, 3.8) is 0 Å². The van der Waals surface area contributed by atoms with Crippen LogP contribution in [0.4, 0.5) is 18.9 Å². The fourth-order valence-corrected chi connectivity index (χ4v) is 2.25. The number of nitrogens with one attached hydrogen (secondary N) is 1. The largest absolute Gasteiger partial charge is 0.393 e. The number of rotatable bonds is 4. The summed E-state index contributed by atoms with van der Waals surface area (Å²) in [4.78, 5) is 0. The van der Waals surface area contributed by atoms with Crippen molar-refractivity contribution >= 4 is 17.3 Å². The maximum Gasteiger partial charge on any atom is 0.393 e. The van der Waals surface area contributed by atoms with Gasteiger partial charge < -0.3 is 5.32 Å². The second kappa shape index (κ2) is 6.39. The Morgan fingerprint density at radius 2 is 1.71 bits per heavy atom. The molecule has 0 aliphatic heterocycles. The lowest BCUT2D eigenvalue weighted by Crippen LogP contribution is -2.12. The summed E-state index contributed by atoms with van der Waals surface area (Å²) in [5.74, 6) is 0. The van der Waals surface area contributed by atoms with Gasteiger partial charge in [0, 0.05) is 17.3 Å². The van der Waals surface area contributed by atoms with Crippen molar-refractivity contribution in [1.29, 1.82) is 0 Å². The van der Waals surface area contributed by atoms with E-state index in [1.54, 1.807) is 24.3 Å². The van der Waals surface area contributed by atoms with E-state index in [1.165, 1.54) is 6.07 Å². The summed E-state index contributed by atoms with van der Waals surface area (Å²) in [5, 5.41) is 3.85. The Hall–Kier alpha value is -1.68. The van der Waals surface area contributed by atoms with Crippen LogP contribution in [0.25, 0.3) is 0 Å². The Morgan fingerprint density at radius 3 is 2.43 bits per heavy atom. The second-order valence-corrected chi connectivity index (χ2v) is 5.29. The molecule has 0 saturated carbocycles. The smallest absolute Gasteiger partial charge is 0.381 e. The van der Waals surface area contributed by atoms with E-state index >= 15 is 0 Å². The van der Waals surface area contributed by atoms with Crippen molar-refractivity contribution in [2.75, 3.05) is 5.32 Å². The highest BCUT2D eigenvalue weighted by atomic mass is 35.5. The SMILES string of the molecule is Cc1c(Cl)cccc1NCc1cccc(CC(F)(F)F)c1. The van der Waals surface area contributed by atoms with Gasteiger partial charge in [-0.15, -0.1) is 0 Å². The Kier molecular flexibility index (Phi) is 4.78.